The topological polar surface area (TPSA) is 12.0 Å². The van der Waals surface area contributed by atoms with Crippen molar-refractivity contribution in [2.24, 2.45) is 5.92 Å². The van der Waals surface area contributed by atoms with E-state index in [1.165, 1.54) is 31.4 Å². The number of benzene rings is 1. The van der Waals surface area contributed by atoms with Gasteiger partial charge < -0.3 is 5.32 Å². The first-order valence-electron chi connectivity index (χ1n) is 5.72. The summed E-state index contributed by atoms with van der Waals surface area (Å²) in [5.41, 5.74) is 1.51. The molecule has 0 amide bonds. The zero-order valence-electron chi connectivity index (χ0n) is 8.45. The van der Waals surface area contributed by atoms with Crippen LogP contribution >= 0.6 is 0 Å². The minimum atomic E-state index is 0.776. The van der Waals surface area contributed by atoms with Crippen molar-refractivity contribution < 1.29 is 0 Å². The lowest BCUT2D eigenvalue weighted by Gasteiger charge is -2.02. The van der Waals surface area contributed by atoms with Gasteiger partial charge in [0.2, 0.25) is 0 Å². The van der Waals surface area contributed by atoms with Gasteiger partial charge in [-0.2, -0.15) is 0 Å². The van der Waals surface area contributed by atoms with Crippen LogP contribution in [0.15, 0.2) is 30.3 Å². The van der Waals surface area contributed by atoms with Crippen molar-refractivity contribution in [1.82, 2.24) is 5.32 Å². The summed E-state index contributed by atoms with van der Waals surface area (Å²) in [6.07, 6.45) is 4.25. The maximum absolute atomic E-state index is 3.67. The maximum atomic E-state index is 3.67. The molecule has 0 heterocycles. The molecule has 0 aliphatic heterocycles. The second-order valence-corrected chi connectivity index (χ2v) is 4.71. The zero-order chi connectivity index (χ0) is 9.38. The van der Waals surface area contributed by atoms with E-state index >= 15 is 0 Å². The first-order chi connectivity index (χ1) is 6.93. The fraction of sp³-hybridized carbons (Fsp3) is 0.538. The van der Waals surface area contributed by atoms with Crippen LogP contribution in [0.1, 0.15) is 30.7 Å². The summed E-state index contributed by atoms with van der Waals surface area (Å²) in [6.45, 7) is 1.26. The fourth-order valence-corrected chi connectivity index (χ4v) is 2.13. The standard InChI is InChI=1S/C13H17N/c1-2-4-11(5-3-1)12-8-13(12)14-9-10-6-7-10/h1-5,10,12-14H,6-9H2/t12-,13+/m1/s1. The minimum absolute atomic E-state index is 0.776. The van der Waals surface area contributed by atoms with Gasteiger partial charge in [0.15, 0.2) is 0 Å². The Morgan fingerprint density at radius 3 is 2.64 bits per heavy atom. The van der Waals surface area contributed by atoms with Crippen LogP contribution < -0.4 is 5.32 Å². The Kier molecular flexibility index (Phi) is 2.06. The Morgan fingerprint density at radius 1 is 1.14 bits per heavy atom. The molecular weight excluding hydrogens is 170 g/mol. The highest BCUT2D eigenvalue weighted by Crippen LogP contribution is 2.41. The lowest BCUT2D eigenvalue weighted by Crippen LogP contribution is -2.20. The molecule has 0 saturated heterocycles. The predicted octanol–water partition coefficient (Wildman–Crippen LogP) is 2.54. The zero-order valence-corrected chi connectivity index (χ0v) is 8.45. The van der Waals surface area contributed by atoms with Crippen LogP contribution in [0.25, 0.3) is 0 Å². The Morgan fingerprint density at radius 2 is 1.93 bits per heavy atom. The molecule has 1 aromatic rings. The molecule has 3 rings (SSSR count). The van der Waals surface area contributed by atoms with Crippen molar-refractivity contribution in [2.75, 3.05) is 6.54 Å². The van der Waals surface area contributed by atoms with E-state index in [-0.39, 0.29) is 0 Å². The molecule has 1 heteroatoms. The van der Waals surface area contributed by atoms with E-state index in [1.54, 1.807) is 0 Å². The molecule has 2 saturated carbocycles. The average Bonchev–Trinajstić information content (AvgIpc) is 3.12. The van der Waals surface area contributed by atoms with Crippen LogP contribution in [0.5, 0.6) is 0 Å². The van der Waals surface area contributed by atoms with Crippen molar-refractivity contribution in [2.45, 2.75) is 31.2 Å². The highest BCUT2D eigenvalue weighted by atomic mass is 15.0. The number of hydrogen-bond acceptors (Lipinski definition) is 1. The van der Waals surface area contributed by atoms with Gasteiger partial charge in [0, 0.05) is 12.0 Å². The van der Waals surface area contributed by atoms with Gasteiger partial charge in [-0.3, -0.25) is 0 Å². The van der Waals surface area contributed by atoms with Gasteiger partial charge in [0.05, 0.1) is 0 Å². The van der Waals surface area contributed by atoms with Gasteiger partial charge in [0.25, 0.3) is 0 Å². The Labute approximate surface area is 85.5 Å². The van der Waals surface area contributed by atoms with E-state index in [2.05, 4.69) is 35.6 Å². The van der Waals surface area contributed by atoms with Crippen LogP contribution in [0.3, 0.4) is 0 Å². The molecule has 2 fully saturated rings. The summed E-state index contributed by atoms with van der Waals surface area (Å²) in [7, 11) is 0. The van der Waals surface area contributed by atoms with Crippen LogP contribution in [-0.4, -0.2) is 12.6 Å². The molecule has 74 valence electrons. The van der Waals surface area contributed by atoms with E-state index < -0.39 is 0 Å². The molecular formula is C13H17N. The number of rotatable bonds is 4. The van der Waals surface area contributed by atoms with E-state index in [0.29, 0.717) is 0 Å². The minimum Gasteiger partial charge on any atom is -0.313 e. The molecule has 1 N–H and O–H groups in total. The summed E-state index contributed by atoms with van der Waals surface area (Å²) in [5, 5.41) is 3.67. The van der Waals surface area contributed by atoms with E-state index in [0.717, 1.165) is 17.9 Å². The van der Waals surface area contributed by atoms with E-state index in [9.17, 15) is 0 Å². The summed E-state index contributed by atoms with van der Waals surface area (Å²) < 4.78 is 0. The number of hydrogen-bond donors (Lipinski definition) is 1. The summed E-state index contributed by atoms with van der Waals surface area (Å²) in [4.78, 5) is 0. The Balaban J connectivity index is 1.52. The van der Waals surface area contributed by atoms with E-state index in [1.807, 2.05) is 0 Å². The van der Waals surface area contributed by atoms with Crippen molar-refractivity contribution in [3.8, 4) is 0 Å². The van der Waals surface area contributed by atoms with Crippen molar-refractivity contribution >= 4 is 0 Å². The SMILES string of the molecule is c1ccc([C@H]2C[C@@H]2NCC2CC2)cc1. The molecule has 2 atom stereocenters. The molecule has 2 aliphatic rings. The first kappa shape index (κ1) is 8.49. The Bertz CT molecular complexity index is 302. The van der Waals surface area contributed by atoms with Crippen LogP contribution in [-0.2, 0) is 0 Å². The molecule has 2 aliphatic carbocycles. The van der Waals surface area contributed by atoms with Crippen LogP contribution in [0.2, 0.25) is 0 Å². The first-order valence-corrected chi connectivity index (χ1v) is 5.72. The highest BCUT2D eigenvalue weighted by Gasteiger charge is 2.38. The largest absolute Gasteiger partial charge is 0.313 e. The monoisotopic (exact) mass is 187 g/mol. The van der Waals surface area contributed by atoms with Crippen molar-refractivity contribution in [3.05, 3.63) is 35.9 Å². The Hall–Kier alpha value is -0.820. The molecule has 0 spiro atoms. The maximum Gasteiger partial charge on any atom is 0.0143 e. The molecule has 0 bridgehead atoms. The normalized spacial score (nSPS) is 30.3. The smallest absolute Gasteiger partial charge is 0.0143 e. The summed E-state index contributed by atoms with van der Waals surface area (Å²) in [5.74, 6) is 1.81. The van der Waals surface area contributed by atoms with Crippen LogP contribution in [0, 0.1) is 5.92 Å². The second-order valence-electron chi connectivity index (χ2n) is 4.71. The van der Waals surface area contributed by atoms with Gasteiger partial charge in [-0.15, -0.1) is 0 Å². The van der Waals surface area contributed by atoms with Crippen LogP contribution in [0.4, 0.5) is 0 Å². The molecule has 14 heavy (non-hydrogen) atoms. The molecule has 0 radical (unpaired) electrons. The van der Waals surface area contributed by atoms with Crippen molar-refractivity contribution in [1.29, 1.82) is 0 Å². The number of nitrogens with one attached hydrogen (secondary N) is 1. The third kappa shape index (κ3) is 1.83. The molecule has 0 unspecified atom stereocenters. The van der Waals surface area contributed by atoms with E-state index in [4.69, 9.17) is 0 Å². The summed E-state index contributed by atoms with van der Waals surface area (Å²) in [6, 6.07) is 11.7. The predicted molar refractivity (Wildman–Crippen MR) is 58.3 cm³/mol. The summed E-state index contributed by atoms with van der Waals surface area (Å²) >= 11 is 0. The van der Waals surface area contributed by atoms with Crippen molar-refractivity contribution in [3.63, 3.8) is 0 Å². The lowest BCUT2D eigenvalue weighted by molar-refractivity contribution is 0.625. The van der Waals surface area contributed by atoms with Gasteiger partial charge in [0.1, 0.15) is 0 Å². The molecule has 1 nitrogen and oxygen atoms in total. The van der Waals surface area contributed by atoms with Gasteiger partial charge in [-0.1, -0.05) is 30.3 Å². The lowest BCUT2D eigenvalue weighted by atomic mass is 10.1. The third-order valence-electron chi connectivity index (χ3n) is 3.38. The second kappa shape index (κ2) is 3.39. The van der Waals surface area contributed by atoms with Gasteiger partial charge in [-0.25, -0.2) is 0 Å². The highest BCUT2D eigenvalue weighted by molar-refractivity contribution is 5.27. The average molecular weight is 187 g/mol. The fourth-order valence-electron chi connectivity index (χ4n) is 2.13. The molecule has 1 aromatic carbocycles. The van der Waals surface area contributed by atoms with Gasteiger partial charge in [-0.05, 0) is 37.3 Å². The molecule has 0 aromatic heterocycles. The van der Waals surface area contributed by atoms with Gasteiger partial charge >= 0.3 is 0 Å². The quantitative estimate of drug-likeness (QED) is 0.763. The third-order valence-corrected chi connectivity index (χ3v) is 3.38.